The van der Waals surface area contributed by atoms with Gasteiger partial charge in [0.05, 0.1) is 0 Å². The fourth-order valence-corrected chi connectivity index (χ4v) is 2.29. The van der Waals surface area contributed by atoms with E-state index < -0.39 is 0 Å². The molecule has 0 radical (unpaired) electrons. The van der Waals surface area contributed by atoms with Crippen LogP contribution in [0.4, 0.5) is 4.39 Å². The van der Waals surface area contributed by atoms with Gasteiger partial charge in [-0.25, -0.2) is 4.39 Å². The van der Waals surface area contributed by atoms with Crippen molar-refractivity contribution in [2.24, 2.45) is 0 Å². The molecule has 0 aliphatic heterocycles. The predicted octanol–water partition coefficient (Wildman–Crippen LogP) is 4.56. The van der Waals surface area contributed by atoms with E-state index in [2.05, 4.69) is 30.4 Å². The van der Waals surface area contributed by atoms with Gasteiger partial charge in [-0.15, -0.1) is 0 Å². The van der Waals surface area contributed by atoms with Gasteiger partial charge in [0.2, 0.25) is 0 Å². The maximum absolute atomic E-state index is 13.5. The number of hydrogen-bond donors (Lipinski definition) is 1. The smallest absolute Gasteiger partial charge is 0.125 e. The first-order chi connectivity index (χ1) is 9.10. The third-order valence-electron chi connectivity index (χ3n) is 3.05. The van der Waals surface area contributed by atoms with Crippen molar-refractivity contribution in [1.29, 1.82) is 0 Å². The number of nitrogens with one attached hydrogen (secondary N) is 1. The van der Waals surface area contributed by atoms with Crippen molar-refractivity contribution in [1.82, 2.24) is 5.32 Å². The summed E-state index contributed by atoms with van der Waals surface area (Å²) < 4.78 is 13.5. The highest BCUT2D eigenvalue weighted by molar-refractivity contribution is 6.30. The molecule has 1 N–H and O–H groups in total. The summed E-state index contributed by atoms with van der Waals surface area (Å²) in [6.45, 7) is 5.83. The molecule has 0 saturated heterocycles. The van der Waals surface area contributed by atoms with E-state index in [1.807, 2.05) is 6.92 Å². The highest BCUT2D eigenvalue weighted by Crippen LogP contribution is 2.28. The molecular formula is C16H17ClFN. The lowest BCUT2D eigenvalue weighted by Crippen LogP contribution is -2.11. The highest BCUT2D eigenvalue weighted by Gasteiger charge is 2.06. The quantitative estimate of drug-likeness (QED) is 0.864. The van der Waals surface area contributed by atoms with Crippen LogP contribution in [0.2, 0.25) is 5.02 Å². The lowest BCUT2D eigenvalue weighted by Gasteiger charge is -2.10. The monoisotopic (exact) mass is 277 g/mol. The number of benzene rings is 2. The molecule has 100 valence electrons. The summed E-state index contributed by atoms with van der Waals surface area (Å²) in [7, 11) is 0. The van der Waals surface area contributed by atoms with E-state index in [9.17, 15) is 4.39 Å². The lowest BCUT2D eigenvalue weighted by molar-refractivity contribution is 0.628. The van der Waals surface area contributed by atoms with Crippen LogP contribution in [0.25, 0.3) is 11.1 Å². The molecule has 0 unspecified atom stereocenters. The van der Waals surface area contributed by atoms with Gasteiger partial charge in [-0.05, 0) is 60.0 Å². The third-order valence-corrected chi connectivity index (χ3v) is 3.27. The van der Waals surface area contributed by atoms with Gasteiger partial charge in [-0.1, -0.05) is 30.7 Å². The molecule has 0 aliphatic rings. The summed E-state index contributed by atoms with van der Waals surface area (Å²) in [4.78, 5) is 0. The van der Waals surface area contributed by atoms with E-state index in [0.717, 1.165) is 29.8 Å². The average molecular weight is 278 g/mol. The first-order valence-electron chi connectivity index (χ1n) is 6.37. The van der Waals surface area contributed by atoms with E-state index in [-0.39, 0.29) is 5.82 Å². The summed E-state index contributed by atoms with van der Waals surface area (Å²) in [5.41, 5.74) is 4.14. The van der Waals surface area contributed by atoms with Crippen molar-refractivity contribution < 1.29 is 4.39 Å². The van der Waals surface area contributed by atoms with Crippen molar-refractivity contribution in [3.05, 3.63) is 58.4 Å². The predicted molar refractivity (Wildman–Crippen MR) is 79.0 cm³/mol. The van der Waals surface area contributed by atoms with Gasteiger partial charge in [-0.2, -0.15) is 0 Å². The van der Waals surface area contributed by atoms with Crippen LogP contribution in [0.1, 0.15) is 18.1 Å². The lowest BCUT2D eigenvalue weighted by atomic mass is 9.98. The zero-order valence-corrected chi connectivity index (χ0v) is 11.9. The normalized spacial score (nSPS) is 10.7. The molecule has 0 heterocycles. The maximum atomic E-state index is 13.5. The van der Waals surface area contributed by atoms with Crippen LogP contribution in [0, 0.1) is 12.7 Å². The van der Waals surface area contributed by atoms with Crippen molar-refractivity contribution in [2.45, 2.75) is 20.4 Å². The van der Waals surface area contributed by atoms with Gasteiger partial charge in [0.25, 0.3) is 0 Å². The van der Waals surface area contributed by atoms with Gasteiger partial charge in [0.15, 0.2) is 0 Å². The van der Waals surface area contributed by atoms with Crippen LogP contribution in [-0.4, -0.2) is 6.54 Å². The van der Waals surface area contributed by atoms with Crippen LogP contribution >= 0.6 is 11.6 Å². The molecule has 2 aromatic carbocycles. The fourth-order valence-electron chi connectivity index (χ4n) is 2.07. The molecule has 0 bridgehead atoms. The molecule has 19 heavy (non-hydrogen) atoms. The summed E-state index contributed by atoms with van der Waals surface area (Å²) in [5, 5.41) is 3.71. The van der Waals surface area contributed by atoms with Crippen LogP contribution in [-0.2, 0) is 6.54 Å². The molecule has 2 rings (SSSR count). The first-order valence-corrected chi connectivity index (χ1v) is 6.74. The summed E-state index contributed by atoms with van der Waals surface area (Å²) in [5.74, 6) is -0.306. The van der Waals surface area contributed by atoms with Gasteiger partial charge in [0, 0.05) is 11.6 Å². The van der Waals surface area contributed by atoms with Crippen molar-refractivity contribution in [3.8, 4) is 11.1 Å². The molecule has 0 saturated carbocycles. The Labute approximate surface area is 118 Å². The molecule has 0 fully saturated rings. The number of aryl methyl sites for hydroxylation is 1. The standard InChI is InChI=1S/C16H17ClFN/c1-3-19-10-12-5-4-11(2)16(6-12)13-7-14(17)9-15(18)8-13/h4-9,19H,3,10H2,1-2H3. The third kappa shape index (κ3) is 3.55. The highest BCUT2D eigenvalue weighted by atomic mass is 35.5. The Balaban J connectivity index is 2.42. The summed E-state index contributed by atoms with van der Waals surface area (Å²) in [6.07, 6.45) is 0. The summed E-state index contributed by atoms with van der Waals surface area (Å²) in [6, 6.07) is 10.9. The molecule has 0 aromatic heterocycles. The minimum atomic E-state index is -0.306. The van der Waals surface area contributed by atoms with E-state index in [0.29, 0.717) is 5.02 Å². The van der Waals surface area contributed by atoms with Gasteiger partial charge in [-0.3, -0.25) is 0 Å². The van der Waals surface area contributed by atoms with Crippen LogP contribution in [0.15, 0.2) is 36.4 Å². The number of rotatable bonds is 4. The molecule has 1 nitrogen and oxygen atoms in total. The van der Waals surface area contributed by atoms with E-state index in [1.165, 1.54) is 17.7 Å². The van der Waals surface area contributed by atoms with Crippen molar-refractivity contribution in [3.63, 3.8) is 0 Å². The molecule has 0 amide bonds. The molecule has 2 aromatic rings. The Morgan fingerprint density at radius 3 is 2.63 bits per heavy atom. The van der Waals surface area contributed by atoms with Crippen LogP contribution in [0.3, 0.4) is 0 Å². The first kappa shape index (κ1) is 14.0. The SMILES string of the molecule is CCNCc1ccc(C)c(-c2cc(F)cc(Cl)c2)c1. The Morgan fingerprint density at radius 1 is 1.16 bits per heavy atom. The van der Waals surface area contributed by atoms with Crippen molar-refractivity contribution in [2.75, 3.05) is 6.54 Å². The van der Waals surface area contributed by atoms with Crippen molar-refractivity contribution >= 4 is 11.6 Å². The molecule has 0 aliphatic carbocycles. The Kier molecular flexibility index (Phi) is 4.56. The van der Waals surface area contributed by atoms with Crippen LogP contribution < -0.4 is 5.32 Å². The topological polar surface area (TPSA) is 12.0 Å². The van der Waals surface area contributed by atoms with E-state index in [1.54, 1.807) is 6.07 Å². The van der Waals surface area contributed by atoms with Gasteiger partial charge in [0.1, 0.15) is 5.82 Å². The average Bonchev–Trinajstić information content (AvgIpc) is 2.36. The second kappa shape index (κ2) is 6.18. The Morgan fingerprint density at radius 2 is 1.95 bits per heavy atom. The van der Waals surface area contributed by atoms with E-state index >= 15 is 0 Å². The second-order valence-corrected chi connectivity index (χ2v) is 5.02. The van der Waals surface area contributed by atoms with Gasteiger partial charge >= 0.3 is 0 Å². The fraction of sp³-hybridized carbons (Fsp3) is 0.250. The summed E-state index contributed by atoms with van der Waals surface area (Å²) >= 11 is 5.92. The maximum Gasteiger partial charge on any atom is 0.125 e. The Hall–Kier alpha value is -1.38. The zero-order valence-electron chi connectivity index (χ0n) is 11.1. The number of hydrogen-bond acceptors (Lipinski definition) is 1. The zero-order chi connectivity index (χ0) is 13.8. The molecular weight excluding hydrogens is 261 g/mol. The largest absolute Gasteiger partial charge is 0.313 e. The molecule has 0 spiro atoms. The molecule has 3 heteroatoms. The second-order valence-electron chi connectivity index (χ2n) is 4.59. The number of halogens is 2. The minimum Gasteiger partial charge on any atom is -0.313 e. The van der Waals surface area contributed by atoms with Gasteiger partial charge < -0.3 is 5.32 Å². The van der Waals surface area contributed by atoms with Crippen LogP contribution in [0.5, 0.6) is 0 Å². The minimum absolute atomic E-state index is 0.306. The van der Waals surface area contributed by atoms with E-state index in [4.69, 9.17) is 11.6 Å². The Bertz CT molecular complexity index is 561. The molecule has 0 atom stereocenters.